The second-order valence-corrected chi connectivity index (χ2v) is 5.58. The average Bonchev–Trinajstić information content (AvgIpc) is 2.76. The SMILES string of the molecule is CCCCCC#C[C@@]1(OC)C=C(CCCCC)C(=O)C1. The van der Waals surface area contributed by atoms with Crippen molar-refractivity contribution < 1.29 is 9.53 Å². The summed E-state index contributed by atoms with van der Waals surface area (Å²) >= 11 is 0. The highest BCUT2D eigenvalue weighted by molar-refractivity contribution is 5.99. The molecule has 0 aromatic rings. The van der Waals surface area contributed by atoms with Gasteiger partial charge in [0.2, 0.25) is 0 Å². The molecule has 112 valence electrons. The van der Waals surface area contributed by atoms with Crippen LogP contribution in [0.5, 0.6) is 0 Å². The zero-order valence-electron chi connectivity index (χ0n) is 13.3. The van der Waals surface area contributed by atoms with Crippen molar-refractivity contribution in [3.8, 4) is 11.8 Å². The first-order chi connectivity index (χ1) is 9.67. The predicted molar refractivity (Wildman–Crippen MR) is 83.5 cm³/mol. The fourth-order valence-electron chi connectivity index (χ4n) is 2.48. The van der Waals surface area contributed by atoms with Gasteiger partial charge in [0.05, 0.1) is 6.42 Å². The van der Waals surface area contributed by atoms with Crippen LogP contribution in [0.2, 0.25) is 0 Å². The molecule has 1 rings (SSSR count). The van der Waals surface area contributed by atoms with Crippen LogP contribution in [0, 0.1) is 11.8 Å². The van der Waals surface area contributed by atoms with E-state index in [1.165, 1.54) is 25.7 Å². The monoisotopic (exact) mass is 276 g/mol. The van der Waals surface area contributed by atoms with Crippen LogP contribution in [0.3, 0.4) is 0 Å². The lowest BCUT2D eigenvalue weighted by Gasteiger charge is -2.17. The Labute approximate surface area is 124 Å². The number of allylic oxidation sites excluding steroid dienone is 1. The molecule has 0 saturated carbocycles. The smallest absolute Gasteiger partial charge is 0.162 e. The van der Waals surface area contributed by atoms with Crippen molar-refractivity contribution in [1.82, 2.24) is 0 Å². The summed E-state index contributed by atoms with van der Waals surface area (Å²) in [7, 11) is 1.65. The molecule has 0 aromatic carbocycles. The van der Waals surface area contributed by atoms with Gasteiger partial charge in [-0.1, -0.05) is 51.4 Å². The average molecular weight is 276 g/mol. The molecule has 0 unspecified atom stereocenters. The molecule has 2 nitrogen and oxygen atoms in total. The Morgan fingerprint density at radius 3 is 2.55 bits per heavy atom. The van der Waals surface area contributed by atoms with Crippen LogP contribution in [0.15, 0.2) is 11.6 Å². The van der Waals surface area contributed by atoms with Crippen LogP contribution in [-0.4, -0.2) is 18.5 Å². The number of hydrogen-bond donors (Lipinski definition) is 0. The third-order valence-electron chi connectivity index (χ3n) is 3.81. The van der Waals surface area contributed by atoms with E-state index >= 15 is 0 Å². The first kappa shape index (κ1) is 17.0. The summed E-state index contributed by atoms with van der Waals surface area (Å²) in [6.07, 6.45) is 11.1. The van der Waals surface area contributed by atoms with E-state index < -0.39 is 5.60 Å². The van der Waals surface area contributed by atoms with Crippen LogP contribution in [0.25, 0.3) is 0 Å². The van der Waals surface area contributed by atoms with E-state index in [1.807, 2.05) is 6.08 Å². The first-order valence-corrected chi connectivity index (χ1v) is 7.97. The molecule has 0 bridgehead atoms. The summed E-state index contributed by atoms with van der Waals surface area (Å²) in [6, 6.07) is 0. The zero-order chi connectivity index (χ0) is 14.8. The van der Waals surface area contributed by atoms with E-state index in [2.05, 4.69) is 25.7 Å². The molecule has 0 heterocycles. The number of hydrogen-bond acceptors (Lipinski definition) is 2. The molecule has 0 spiro atoms. The maximum Gasteiger partial charge on any atom is 0.162 e. The van der Waals surface area contributed by atoms with Crippen LogP contribution in [-0.2, 0) is 9.53 Å². The van der Waals surface area contributed by atoms with Crippen LogP contribution in [0.1, 0.15) is 71.6 Å². The summed E-state index contributed by atoms with van der Waals surface area (Å²) in [5, 5.41) is 0. The number of Topliss-reactive ketones (excluding diaryl/α,β-unsaturated/α-hetero) is 1. The standard InChI is InChI=1S/C18H28O2/c1-4-6-8-9-11-13-18(20-3)14-16(17(19)15-18)12-10-7-5-2/h14H,4-10,12,15H2,1-3H3/t18-/m1/s1. The third kappa shape index (κ3) is 5.13. The fraction of sp³-hybridized carbons (Fsp3) is 0.722. The molecule has 0 saturated heterocycles. The Morgan fingerprint density at radius 1 is 1.20 bits per heavy atom. The number of carbonyl (C=O) groups excluding carboxylic acids is 1. The molecule has 0 aliphatic heterocycles. The van der Waals surface area contributed by atoms with Crippen LogP contribution in [0.4, 0.5) is 0 Å². The Morgan fingerprint density at radius 2 is 1.90 bits per heavy atom. The molecule has 0 radical (unpaired) electrons. The Balaban J connectivity index is 2.62. The molecule has 1 atom stereocenters. The van der Waals surface area contributed by atoms with E-state index in [9.17, 15) is 4.79 Å². The molecule has 0 amide bonds. The fourth-order valence-corrected chi connectivity index (χ4v) is 2.48. The Hall–Kier alpha value is -1.07. The highest BCUT2D eigenvalue weighted by atomic mass is 16.5. The quantitative estimate of drug-likeness (QED) is 0.484. The van der Waals surface area contributed by atoms with Gasteiger partial charge in [0.25, 0.3) is 0 Å². The maximum absolute atomic E-state index is 12.1. The van der Waals surface area contributed by atoms with Crippen LogP contribution < -0.4 is 0 Å². The largest absolute Gasteiger partial charge is 0.361 e. The second-order valence-electron chi connectivity index (χ2n) is 5.58. The van der Waals surface area contributed by atoms with E-state index in [4.69, 9.17) is 4.74 Å². The minimum absolute atomic E-state index is 0.214. The van der Waals surface area contributed by atoms with Gasteiger partial charge >= 0.3 is 0 Å². The molecular weight excluding hydrogens is 248 g/mol. The Bertz CT molecular complexity index is 397. The number of ether oxygens (including phenoxy) is 1. The van der Waals surface area contributed by atoms with Crippen LogP contribution >= 0.6 is 0 Å². The summed E-state index contributed by atoms with van der Waals surface area (Å²) in [6.45, 7) is 4.36. The van der Waals surface area contributed by atoms with Crippen molar-refractivity contribution in [2.45, 2.75) is 77.2 Å². The summed E-state index contributed by atoms with van der Waals surface area (Å²) < 4.78 is 5.54. The molecule has 1 aliphatic rings. The normalized spacial score (nSPS) is 21.6. The lowest BCUT2D eigenvalue weighted by Crippen LogP contribution is -2.25. The van der Waals surface area contributed by atoms with E-state index in [0.717, 1.165) is 31.3 Å². The molecular formula is C18H28O2. The van der Waals surface area contributed by atoms with Gasteiger partial charge in [0.1, 0.15) is 0 Å². The third-order valence-corrected chi connectivity index (χ3v) is 3.81. The van der Waals surface area contributed by atoms with Gasteiger partial charge in [-0.25, -0.2) is 0 Å². The number of ketones is 1. The lowest BCUT2D eigenvalue weighted by atomic mass is 10.0. The van der Waals surface area contributed by atoms with Crippen molar-refractivity contribution in [3.05, 3.63) is 11.6 Å². The second kappa shape index (κ2) is 8.97. The minimum Gasteiger partial charge on any atom is -0.361 e. The highest BCUT2D eigenvalue weighted by Gasteiger charge is 2.36. The van der Waals surface area contributed by atoms with Gasteiger partial charge in [0.15, 0.2) is 11.4 Å². The topological polar surface area (TPSA) is 26.3 Å². The van der Waals surface area contributed by atoms with Gasteiger partial charge in [0, 0.05) is 13.5 Å². The predicted octanol–water partition coefficient (Wildman–Crippen LogP) is 4.43. The van der Waals surface area contributed by atoms with Crippen molar-refractivity contribution in [1.29, 1.82) is 0 Å². The first-order valence-electron chi connectivity index (χ1n) is 7.97. The number of carbonyl (C=O) groups is 1. The highest BCUT2D eigenvalue weighted by Crippen LogP contribution is 2.30. The zero-order valence-corrected chi connectivity index (χ0v) is 13.3. The minimum atomic E-state index is -0.648. The van der Waals surface area contributed by atoms with Gasteiger partial charge in [-0.2, -0.15) is 0 Å². The van der Waals surface area contributed by atoms with Crippen molar-refractivity contribution >= 4 is 5.78 Å². The van der Waals surface area contributed by atoms with Gasteiger partial charge in [-0.15, -0.1) is 0 Å². The van der Waals surface area contributed by atoms with Crippen molar-refractivity contribution in [3.63, 3.8) is 0 Å². The molecule has 2 heteroatoms. The lowest BCUT2D eigenvalue weighted by molar-refractivity contribution is -0.117. The van der Waals surface area contributed by atoms with E-state index in [-0.39, 0.29) is 5.78 Å². The maximum atomic E-state index is 12.1. The summed E-state index contributed by atoms with van der Waals surface area (Å²) in [4.78, 5) is 12.1. The van der Waals surface area contributed by atoms with Gasteiger partial charge in [-0.05, 0) is 30.9 Å². The molecule has 0 N–H and O–H groups in total. The van der Waals surface area contributed by atoms with Gasteiger partial charge < -0.3 is 4.74 Å². The molecule has 0 fully saturated rings. The Kier molecular flexibility index (Phi) is 7.62. The van der Waals surface area contributed by atoms with Crippen molar-refractivity contribution in [2.24, 2.45) is 0 Å². The van der Waals surface area contributed by atoms with Crippen molar-refractivity contribution in [2.75, 3.05) is 7.11 Å². The van der Waals surface area contributed by atoms with E-state index in [1.54, 1.807) is 7.11 Å². The van der Waals surface area contributed by atoms with Gasteiger partial charge in [-0.3, -0.25) is 4.79 Å². The molecule has 20 heavy (non-hydrogen) atoms. The number of methoxy groups -OCH3 is 1. The number of unbranched alkanes of at least 4 members (excludes halogenated alkanes) is 5. The number of rotatable bonds is 8. The molecule has 1 aliphatic carbocycles. The summed E-state index contributed by atoms with van der Waals surface area (Å²) in [5.74, 6) is 6.59. The summed E-state index contributed by atoms with van der Waals surface area (Å²) in [5.41, 5.74) is 0.272. The van der Waals surface area contributed by atoms with E-state index in [0.29, 0.717) is 6.42 Å². The molecule has 0 aromatic heterocycles.